The first-order chi connectivity index (χ1) is 16.3. The number of thioether (sulfide) groups is 1. The average Bonchev–Trinajstić information content (AvgIpc) is 2.83. The van der Waals surface area contributed by atoms with Gasteiger partial charge < -0.3 is 4.74 Å². The van der Waals surface area contributed by atoms with Crippen LogP contribution >= 0.6 is 11.8 Å². The van der Waals surface area contributed by atoms with Crippen LogP contribution in [-0.2, 0) is 10.2 Å². The Morgan fingerprint density at radius 1 is 1.00 bits per heavy atom. The van der Waals surface area contributed by atoms with E-state index < -0.39 is 0 Å². The molecule has 2 nitrogen and oxygen atoms in total. The van der Waals surface area contributed by atoms with Gasteiger partial charge in [0.2, 0.25) is 0 Å². The molecule has 3 aromatic rings. The zero-order valence-electron chi connectivity index (χ0n) is 20.6. The molecule has 0 aliphatic heterocycles. The number of allylic oxidation sites excluding steroid dienone is 1. The molecule has 174 valence electrons. The number of aryl methyl sites for hydroxylation is 1. The third-order valence-corrected chi connectivity index (χ3v) is 7.24. The Labute approximate surface area is 207 Å². The average molecular weight is 469 g/mol. The van der Waals surface area contributed by atoms with Crippen LogP contribution in [0.4, 0.5) is 0 Å². The SMILES string of the molecule is CCOC(=O)c1ccc(/C=C(\SC)c2ccc3c(c2)C(c2ccc(C)cc2)=CCC3(C)C)cc1. The van der Waals surface area contributed by atoms with E-state index in [2.05, 4.69) is 81.6 Å². The lowest BCUT2D eigenvalue weighted by Gasteiger charge is -2.33. The first-order valence-electron chi connectivity index (χ1n) is 11.8. The monoisotopic (exact) mass is 468 g/mol. The molecule has 0 aromatic heterocycles. The number of fused-ring (bicyclic) bond motifs is 1. The van der Waals surface area contributed by atoms with E-state index in [0.29, 0.717) is 12.2 Å². The second-order valence-electron chi connectivity index (χ2n) is 9.39. The van der Waals surface area contributed by atoms with Crippen LogP contribution in [0.5, 0.6) is 0 Å². The second kappa shape index (κ2) is 10.1. The molecule has 3 aromatic carbocycles. The molecule has 0 N–H and O–H groups in total. The summed E-state index contributed by atoms with van der Waals surface area (Å²) >= 11 is 1.74. The molecule has 0 radical (unpaired) electrons. The van der Waals surface area contributed by atoms with E-state index in [-0.39, 0.29) is 11.4 Å². The fourth-order valence-electron chi connectivity index (χ4n) is 4.44. The summed E-state index contributed by atoms with van der Waals surface area (Å²) < 4.78 is 5.10. The van der Waals surface area contributed by atoms with Crippen molar-refractivity contribution in [1.29, 1.82) is 0 Å². The minimum absolute atomic E-state index is 0.105. The van der Waals surface area contributed by atoms with Crippen LogP contribution in [0.3, 0.4) is 0 Å². The first-order valence-corrected chi connectivity index (χ1v) is 13.0. The van der Waals surface area contributed by atoms with Crippen molar-refractivity contribution in [2.45, 2.75) is 39.5 Å². The van der Waals surface area contributed by atoms with Gasteiger partial charge in [-0.15, -0.1) is 11.8 Å². The van der Waals surface area contributed by atoms with Crippen molar-refractivity contribution in [1.82, 2.24) is 0 Å². The lowest BCUT2D eigenvalue weighted by molar-refractivity contribution is 0.0526. The molecule has 0 saturated heterocycles. The van der Waals surface area contributed by atoms with Gasteiger partial charge in [0.25, 0.3) is 0 Å². The van der Waals surface area contributed by atoms with Gasteiger partial charge in [0.05, 0.1) is 12.2 Å². The number of hydrogen-bond acceptors (Lipinski definition) is 3. The van der Waals surface area contributed by atoms with Crippen molar-refractivity contribution in [3.8, 4) is 0 Å². The quantitative estimate of drug-likeness (QED) is 0.270. The van der Waals surface area contributed by atoms with Crippen LogP contribution in [0.25, 0.3) is 16.6 Å². The zero-order valence-corrected chi connectivity index (χ0v) is 21.5. The minimum Gasteiger partial charge on any atom is -0.462 e. The number of carbonyl (C=O) groups is 1. The molecule has 4 rings (SSSR count). The normalized spacial score (nSPS) is 14.9. The van der Waals surface area contributed by atoms with Crippen LogP contribution in [0.1, 0.15) is 70.9 Å². The minimum atomic E-state index is -0.282. The summed E-state index contributed by atoms with van der Waals surface area (Å²) in [6.07, 6.45) is 7.72. The maximum atomic E-state index is 12.0. The highest BCUT2D eigenvalue weighted by atomic mass is 32.2. The van der Waals surface area contributed by atoms with Gasteiger partial charge in [0.15, 0.2) is 0 Å². The molecule has 0 unspecified atom stereocenters. The molecule has 0 amide bonds. The Morgan fingerprint density at radius 3 is 2.32 bits per heavy atom. The number of rotatable bonds is 6. The van der Waals surface area contributed by atoms with Gasteiger partial charge in [-0.05, 0) is 89.6 Å². The van der Waals surface area contributed by atoms with Gasteiger partial charge in [0.1, 0.15) is 0 Å². The van der Waals surface area contributed by atoms with Gasteiger partial charge in [-0.1, -0.05) is 74.0 Å². The molecule has 0 bridgehead atoms. The standard InChI is InChI=1S/C31H32O2S/c1-6-33-30(32)24-13-9-22(10-14-24)19-29(34-5)25-15-16-28-27(20-25)26(17-18-31(28,3)4)23-11-7-21(2)8-12-23/h7-17,19-20H,6,18H2,1-5H3/b29-19-. The summed E-state index contributed by atoms with van der Waals surface area (Å²) in [7, 11) is 0. The highest BCUT2D eigenvalue weighted by molar-refractivity contribution is 8.07. The van der Waals surface area contributed by atoms with Crippen molar-refractivity contribution in [3.63, 3.8) is 0 Å². The molecule has 3 heteroatoms. The van der Waals surface area contributed by atoms with E-state index in [0.717, 1.165) is 12.0 Å². The van der Waals surface area contributed by atoms with E-state index in [4.69, 9.17) is 4.74 Å². The van der Waals surface area contributed by atoms with Crippen LogP contribution < -0.4 is 0 Å². The Hall–Kier alpha value is -3.04. The highest BCUT2D eigenvalue weighted by Crippen LogP contribution is 2.43. The number of ether oxygens (including phenoxy) is 1. The molecular formula is C31H32O2S. The van der Waals surface area contributed by atoms with Crippen LogP contribution in [0, 0.1) is 6.92 Å². The molecule has 0 fully saturated rings. The number of hydrogen-bond donors (Lipinski definition) is 0. The van der Waals surface area contributed by atoms with E-state index in [1.54, 1.807) is 11.8 Å². The smallest absolute Gasteiger partial charge is 0.338 e. The Bertz CT molecular complexity index is 1250. The predicted octanol–water partition coefficient (Wildman–Crippen LogP) is 8.15. The number of carbonyl (C=O) groups excluding carboxylic acids is 1. The maximum absolute atomic E-state index is 12.0. The summed E-state index contributed by atoms with van der Waals surface area (Å²) in [5, 5.41) is 0. The molecule has 0 atom stereocenters. The Kier molecular flexibility index (Phi) is 7.13. The molecule has 0 heterocycles. The van der Waals surface area contributed by atoms with Crippen LogP contribution in [-0.4, -0.2) is 18.8 Å². The van der Waals surface area contributed by atoms with E-state index in [1.165, 1.54) is 38.3 Å². The van der Waals surface area contributed by atoms with Gasteiger partial charge in [-0.2, -0.15) is 0 Å². The lowest BCUT2D eigenvalue weighted by atomic mass is 9.72. The topological polar surface area (TPSA) is 26.3 Å². The van der Waals surface area contributed by atoms with Crippen molar-refractivity contribution in [2.24, 2.45) is 0 Å². The van der Waals surface area contributed by atoms with Crippen molar-refractivity contribution in [3.05, 3.63) is 112 Å². The predicted molar refractivity (Wildman–Crippen MR) is 146 cm³/mol. The fraction of sp³-hybridized carbons (Fsp3) is 0.258. The molecule has 0 spiro atoms. The zero-order chi connectivity index (χ0) is 24.3. The summed E-state index contributed by atoms with van der Waals surface area (Å²) in [6, 6.07) is 23.3. The third-order valence-electron chi connectivity index (χ3n) is 6.44. The summed E-state index contributed by atoms with van der Waals surface area (Å²) in [5.41, 5.74) is 9.52. The largest absolute Gasteiger partial charge is 0.462 e. The summed E-state index contributed by atoms with van der Waals surface area (Å²) in [5.74, 6) is -0.282. The first kappa shape index (κ1) is 24.1. The lowest BCUT2D eigenvalue weighted by Crippen LogP contribution is -2.22. The number of benzene rings is 3. The van der Waals surface area contributed by atoms with Crippen molar-refractivity contribution >= 4 is 34.3 Å². The molecule has 0 saturated carbocycles. The van der Waals surface area contributed by atoms with Gasteiger partial charge in [-0.3, -0.25) is 0 Å². The maximum Gasteiger partial charge on any atom is 0.338 e. The van der Waals surface area contributed by atoms with E-state index in [1.807, 2.05) is 31.2 Å². The van der Waals surface area contributed by atoms with Crippen LogP contribution in [0.15, 0.2) is 72.8 Å². The Balaban J connectivity index is 1.72. The molecular weight excluding hydrogens is 436 g/mol. The van der Waals surface area contributed by atoms with Crippen molar-refractivity contribution in [2.75, 3.05) is 12.9 Å². The van der Waals surface area contributed by atoms with Gasteiger partial charge in [-0.25, -0.2) is 4.79 Å². The van der Waals surface area contributed by atoms with Gasteiger partial charge in [0, 0.05) is 4.91 Å². The molecule has 34 heavy (non-hydrogen) atoms. The fourth-order valence-corrected chi connectivity index (χ4v) is 5.05. The number of esters is 1. The third kappa shape index (κ3) is 5.05. The molecule has 1 aliphatic rings. The van der Waals surface area contributed by atoms with E-state index in [9.17, 15) is 4.79 Å². The van der Waals surface area contributed by atoms with Crippen molar-refractivity contribution < 1.29 is 9.53 Å². The van der Waals surface area contributed by atoms with Gasteiger partial charge >= 0.3 is 5.97 Å². The van der Waals surface area contributed by atoms with Crippen LogP contribution in [0.2, 0.25) is 0 Å². The highest BCUT2D eigenvalue weighted by Gasteiger charge is 2.29. The summed E-state index contributed by atoms with van der Waals surface area (Å²) in [4.78, 5) is 13.2. The Morgan fingerprint density at radius 2 is 1.68 bits per heavy atom. The summed E-state index contributed by atoms with van der Waals surface area (Å²) in [6.45, 7) is 8.97. The van der Waals surface area contributed by atoms with E-state index >= 15 is 0 Å². The molecule has 1 aliphatic carbocycles. The second-order valence-corrected chi connectivity index (χ2v) is 10.2.